The molecule has 2 heteroatoms. The Balaban J connectivity index is 2.14. The van der Waals surface area contributed by atoms with Crippen molar-refractivity contribution in [3.8, 4) is 11.3 Å². The van der Waals surface area contributed by atoms with E-state index in [1.54, 1.807) is 0 Å². The van der Waals surface area contributed by atoms with Gasteiger partial charge in [-0.1, -0.05) is 36.4 Å². The summed E-state index contributed by atoms with van der Waals surface area (Å²) in [6, 6.07) is 18.5. The quantitative estimate of drug-likeness (QED) is 0.472. The Morgan fingerprint density at radius 2 is 1.67 bits per heavy atom. The van der Waals surface area contributed by atoms with E-state index in [9.17, 15) is 0 Å². The van der Waals surface area contributed by atoms with Crippen LogP contribution in [0, 0.1) is 13.8 Å². The van der Waals surface area contributed by atoms with E-state index in [0.717, 1.165) is 38.9 Å². The van der Waals surface area contributed by atoms with Gasteiger partial charge in [-0.3, -0.25) is 4.98 Å². The Morgan fingerprint density at radius 3 is 2.52 bits per heavy atom. The van der Waals surface area contributed by atoms with Crippen LogP contribution in [0.1, 0.15) is 11.3 Å². The minimum absolute atomic E-state index is 0.923. The second-order valence-corrected chi connectivity index (χ2v) is 5.40. The van der Waals surface area contributed by atoms with Crippen molar-refractivity contribution in [3.05, 3.63) is 65.9 Å². The molecule has 0 aliphatic rings. The molecule has 0 spiro atoms. The van der Waals surface area contributed by atoms with Crippen LogP contribution in [0.3, 0.4) is 0 Å². The number of furan rings is 1. The molecule has 2 nitrogen and oxygen atoms in total. The smallest absolute Gasteiger partial charge is 0.145 e. The predicted molar refractivity (Wildman–Crippen MR) is 86.4 cm³/mol. The number of nitrogens with zero attached hydrogens (tertiary/aromatic N) is 1. The molecule has 2 aromatic carbocycles. The molecule has 0 aliphatic carbocycles. The van der Waals surface area contributed by atoms with Crippen molar-refractivity contribution in [2.24, 2.45) is 0 Å². The zero-order chi connectivity index (χ0) is 14.4. The monoisotopic (exact) mass is 273 g/mol. The summed E-state index contributed by atoms with van der Waals surface area (Å²) < 4.78 is 6.12. The lowest BCUT2D eigenvalue weighted by Crippen LogP contribution is -1.89. The molecule has 2 aromatic heterocycles. The molecule has 102 valence electrons. The van der Waals surface area contributed by atoms with Crippen molar-refractivity contribution in [1.29, 1.82) is 0 Å². The Kier molecular flexibility index (Phi) is 2.58. The third-order valence-electron chi connectivity index (χ3n) is 3.90. The summed E-state index contributed by atoms with van der Waals surface area (Å²) >= 11 is 0. The SMILES string of the molecule is Cc1cccc(-c2c(C)ccc3c2oc2ccccc23)n1. The van der Waals surface area contributed by atoms with Gasteiger partial charge in [0.15, 0.2) is 0 Å². The van der Waals surface area contributed by atoms with Gasteiger partial charge in [-0.2, -0.15) is 0 Å². The number of pyridine rings is 1. The van der Waals surface area contributed by atoms with Crippen LogP contribution in [-0.4, -0.2) is 4.98 Å². The van der Waals surface area contributed by atoms with E-state index in [-0.39, 0.29) is 0 Å². The molecule has 0 atom stereocenters. The molecular formula is C19H15NO. The minimum Gasteiger partial charge on any atom is -0.455 e. The maximum absolute atomic E-state index is 6.12. The van der Waals surface area contributed by atoms with Crippen LogP contribution >= 0.6 is 0 Å². The van der Waals surface area contributed by atoms with Gasteiger partial charge in [-0.15, -0.1) is 0 Å². The van der Waals surface area contributed by atoms with Gasteiger partial charge in [0.1, 0.15) is 11.2 Å². The van der Waals surface area contributed by atoms with Crippen LogP contribution in [0.4, 0.5) is 0 Å². The highest BCUT2D eigenvalue weighted by molar-refractivity contribution is 6.09. The first kappa shape index (κ1) is 12.2. The molecule has 0 radical (unpaired) electrons. The molecule has 0 aliphatic heterocycles. The van der Waals surface area contributed by atoms with Gasteiger partial charge in [0.2, 0.25) is 0 Å². The molecule has 21 heavy (non-hydrogen) atoms. The van der Waals surface area contributed by atoms with Crippen LogP contribution in [0.15, 0.2) is 59.0 Å². The number of aromatic nitrogens is 1. The minimum atomic E-state index is 0.923. The highest BCUT2D eigenvalue weighted by Gasteiger charge is 2.15. The van der Waals surface area contributed by atoms with Gasteiger partial charge >= 0.3 is 0 Å². The van der Waals surface area contributed by atoms with Crippen molar-refractivity contribution in [2.75, 3.05) is 0 Å². The summed E-state index contributed by atoms with van der Waals surface area (Å²) in [6.45, 7) is 4.11. The molecule has 0 unspecified atom stereocenters. The average Bonchev–Trinajstić information content (AvgIpc) is 2.85. The highest BCUT2D eigenvalue weighted by Crippen LogP contribution is 2.36. The molecule has 0 bridgehead atoms. The van der Waals surface area contributed by atoms with Gasteiger partial charge in [0.25, 0.3) is 0 Å². The molecule has 0 saturated heterocycles. The second-order valence-electron chi connectivity index (χ2n) is 5.40. The molecule has 4 rings (SSSR count). The van der Waals surface area contributed by atoms with Crippen LogP contribution in [0.25, 0.3) is 33.2 Å². The van der Waals surface area contributed by atoms with Gasteiger partial charge in [0, 0.05) is 22.0 Å². The lowest BCUT2D eigenvalue weighted by molar-refractivity contribution is 0.669. The number of hydrogen-bond donors (Lipinski definition) is 0. The van der Waals surface area contributed by atoms with Crippen molar-refractivity contribution in [3.63, 3.8) is 0 Å². The summed E-state index contributed by atoms with van der Waals surface area (Å²) in [5.41, 5.74) is 6.10. The van der Waals surface area contributed by atoms with E-state index < -0.39 is 0 Å². The largest absolute Gasteiger partial charge is 0.455 e. The number of aryl methyl sites for hydroxylation is 2. The first-order valence-corrected chi connectivity index (χ1v) is 7.09. The molecule has 0 amide bonds. The molecule has 0 N–H and O–H groups in total. The Hall–Kier alpha value is -2.61. The van der Waals surface area contributed by atoms with E-state index >= 15 is 0 Å². The van der Waals surface area contributed by atoms with E-state index in [0.29, 0.717) is 0 Å². The van der Waals surface area contributed by atoms with E-state index in [1.807, 2.05) is 43.3 Å². The molecule has 0 fully saturated rings. The molecule has 4 aromatic rings. The number of benzene rings is 2. The number of para-hydroxylation sites is 1. The Bertz CT molecular complexity index is 966. The topological polar surface area (TPSA) is 26.0 Å². The van der Waals surface area contributed by atoms with Crippen molar-refractivity contribution < 1.29 is 4.42 Å². The number of fused-ring (bicyclic) bond motifs is 3. The summed E-state index contributed by atoms with van der Waals surface area (Å²) in [5.74, 6) is 0. The van der Waals surface area contributed by atoms with Crippen molar-refractivity contribution in [1.82, 2.24) is 4.98 Å². The fraction of sp³-hybridized carbons (Fsp3) is 0.105. The normalized spacial score (nSPS) is 11.3. The van der Waals surface area contributed by atoms with Crippen LogP contribution < -0.4 is 0 Å². The molecular weight excluding hydrogens is 258 g/mol. The fourth-order valence-corrected chi connectivity index (χ4v) is 2.89. The highest BCUT2D eigenvalue weighted by atomic mass is 16.3. The maximum atomic E-state index is 6.12. The molecule has 0 saturated carbocycles. The van der Waals surface area contributed by atoms with Gasteiger partial charge < -0.3 is 4.42 Å². The lowest BCUT2D eigenvalue weighted by atomic mass is 10.0. The van der Waals surface area contributed by atoms with Gasteiger partial charge in [-0.25, -0.2) is 0 Å². The number of rotatable bonds is 1. The molecule has 2 heterocycles. The first-order chi connectivity index (χ1) is 10.2. The zero-order valence-corrected chi connectivity index (χ0v) is 12.1. The van der Waals surface area contributed by atoms with Crippen LogP contribution in [0.2, 0.25) is 0 Å². The Morgan fingerprint density at radius 1 is 0.810 bits per heavy atom. The van der Waals surface area contributed by atoms with Crippen LogP contribution in [0.5, 0.6) is 0 Å². The first-order valence-electron chi connectivity index (χ1n) is 7.09. The third-order valence-corrected chi connectivity index (χ3v) is 3.90. The summed E-state index contributed by atoms with van der Waals surface area (Å²) in [7, 11) is 0. The van der Waals surface area contributed by atoms with Crippen LogP contribution in [-0.2, 0) is 0 Å². The zero-order valence-electron chi connectivity index (χ0n) is 12.1. The summed E-state index contributed by atoms with van der Waals surface area (Å²) in [5, 5.41) is 2.30. The van der Waals surface area contributed by atoms with E-state index in [1.165, 1.54) is 5.56 Å². The fourth-order valence-electron chi connectivity index (χ4n) is 2.89. The van der Waals surface area contributed by atoms with Gasteiger partial charge in [0.05, 0.1) is 5.69 Å². The van der Waals surface area contributed by atoms with E-state index in [4.69, 9.17) is 4.42 Å². The summed E-state index contributed by atoms with van der Waals surface area (Å²) in [4.78, 5) is 4.66. The predicted octanol–water partition coefficient (Wildman–Crippen LogP) is 5.26. The maximum Gasteiger partial charge on any atom is 0.145 e. The number of hydrogen-bond acceptors (Lipinski definition) is 2. The summed E-state index contributed by atoms with van der Waals surface area (Å²) in [6.07, 6.45) is 0. The third kappa shape index (κ3) is 1.83. The van der Waals surface area contributed by atoms with E-state index in [2.05, 4.69) is 30.1 Å². The van der Waals surface area contributed by atoms with Gasteiger partial charge in [-0.05, 0) is 37.6 Å². The standard InChI is InChI=1S/C19H15NO/c1-12-10-11-15-14-7-3-4-9-17(14)21-19(15)18(12)16-8-5-6-13(2)20-16/h3-11H,1-2H3. The Labute approximate surface area is 123 Å². The van der Waals surface area contributed by atoms with Crippen molar-refractivity contribution in [2.45, 2.75) is 13.8 Å². The van der Waals surface area contributed by atoms with Crippen molar-refractivity contribution >= 4 is 21.9 Å². The average molecular weight is 273 g/mol. The second kappa shape index (κ2) is 4.45. The lowest BCUT2D eigenvalue weighted by Gasteiger charge is -2.06.